The van der Waals surface area contributed by atoms with E-state index in [1.54, 1.807) is 0 Å². The van der Waals surface area contributed by atoms with E-state index in [4.69, 9.17) is 0 Å². The lowest BCUT2D eigenvalue weighted by Gasteiger charge is -2.48. The summed E-state index contributed by atoms with van der Waals surface area (Å²) in [4.78, 5) is 2.54. The largest absolute Gasteiger partial charge is 0.388 e. The summed E-state index contributed by atoms with van der Waals surface area (Å²) >= 11 is 0. The molecule has 2 nitrogen and oxygen atoms in total. The molecule has 0 aromatic heterocycles. The summed E-state index contributed by atoms with van der Waals surface area (Å²) < 4.78 is 0. The zero-order valence-electron chi connectivity index (χ0n) is 10.9. The van der Waals surface area contributed by atoms with Crippen LogP contribution in [-0.4, -0.2) is 29.1 Å². The van der Waals surface area contributed by atoms with Crippen molar-refractivity contribution in [1.82, 2.24) is 4.90 Å². The van der Waals surface area contributed by atoms with Gasteiger partial charge >= 0.3 is 0 Å². The number of rotatable bonds is 0. The maximum Gasteiger partial charge on any atom is 0.0838 e. The van der Waals surface area contributed by atoms with Crippen molar-refractivity contribution in [3.8, 4) is 0 Å². The van der Waals surface area contributed by atoms with Gasteiger partial charge in [0.25, 0.3) is 0 Å². The predicted molar refractivity (Wildman–Crippen MR) is 71.3 cm³/mol. The SMILES string of the molecule is CN1C2CCC1C1C(Cc3ccccc3C1O)C2. The zero-order chi connectivity index (χ0) is 12.3. The maximum atomic E-state index is 10.8. The van der Waals surface area contributed by atoms with E-state index in [9.17, 15) is 5.11 Å². The van der Waals surface area contributed by atoms with Gasteiger partial charge in [0.05, 0.1) is 6.10 Å². The summed E-state index contributed by atoms with van der Waals surface area (Å²) in [7, 11) is 2.26. The Hall–Kier alpha value is -0.860. The second-order valence-electron chi connectivity index (χ2n) is 6.38. The summed E-state index contributed by atoms with van der Waals surface area (Å²) in [5.41, 5.74) is 2.58. The van der Waals surface area contributed by atoms with E-state index in [0.29, 0.717) is 17.9 Å². The number of hydrogen-bond acceptors (Lipinski definition) is 2. The molecule has 0 spiro atoms. The third-order valence-corrected chi connectivity index (χ3v) is 5.68. The smallest absolute Gasteiger partial charge is 0.0838 e. The molecule has 4 rings (SSSR count). The number of nitrogens with zero attached hydrogens (tertiary/aromatic N) is 1. The second kappa shape index (κ2) is 3.82. The van der Waals surface area contributed by atoms with E-state index in [0.717, 1.165) is 6.04 Å². The monoisotopic (exact) mass is 243 g/mol. The highest BCUT2D eigenvalue weighted by Gasteiger charge is 2.50. The van der Waals surface area contributed by atoms with Crippen LogP contribution in [0.3, 0.4) is 0 Å². The average Bonchev–Trinajstić information content (AvgIpc) is 2.62. The molecule has 2 aliphatic heterocycles. The number of benzene rings is 1. The highest BCUT2D eigenvalue weighted by Crippen LogP contribution is 2.50. The predicted octanol–water partition coefficient (Wildman–Crippen LogP) is 2.38. The van der Waals surface area contributed by atoms with Gasteiger partial charge in [0.15, 0.2) is 0 Å². The van der Waals surface area contributed by atoms with Crippen molar-refractivity contribution >= 4 is 0 Å². The van der Waals surface area contributed by atoms with Gasteiger partial charge in [-0.15, -0.1) is 0 Å². The van der Waals surface area contributed by atoms with E-state index in [2.05, 4.69) is 36.2 Å². The molecule has 5 unspecified atom stereocenters. The van der Waals surface area contributed by atoms with Gasteiger partial charge in [-0.2, -0.15) is 0 Å². The first-order valence-corrected chi connectivity index (χ1v) is 7.23. The van der Waals surface area contributed by atoms with E-state index in [-0.39, 0.29) is 6.10 Å². The Labute approximate surface area is 109 Å². The fraction of sp³-hybridized carbons (Fsp3) is 0.625. The minimum atomic E-state index is -0.244. The van der Waals surface area contributed by atoms with Gasteiger partial charge in [0, 0.05) is 18.0 Å². The van der Waals surface area contributed by atoms with Gasteiger partial charge in [-0.05, 0) is 49.8 Å². The van der Waals surface area contributed by atoms with Crippen molar-refractivity contribution in [3.63, 3.8) is 0 Å². The summed E-state index contributed by atoms with van der Waals surface area (Å²) in [5, 5.41) is 10.8. The minimum Gasteiger partial charge on any atom is -0.388 e. The van der Waals surface area contributed by atoms with Crippen LogP contribution in [0.25, 0.3) is 0 Å². The van der Waals surface area contributed by atoms with Crippen molar-refractivity contribution in [1.29, 1.82) is 0 Å². The van der Waals surface area contributed by atoms with Gasteiger partial charge in [-0.25, -0.2) is 0 Å². The molecular weight excluding hydrogens is 222 g/mol. The topological polar surface area (TPSA) is 23.5 Å². The number of fused-ring (bicyclic) bond motifs is 5. The Morgan fingerprint density at radius 2 is 2.06 bits per heavy atom. The normalized spacial score (nSPS) is 42.4. The molecule has 1 aromatic rings. The van der Waals surface area contributed by atoms with Crippen LogP contribution in [0.5, 0.6) is 0 Å². The van der Waals surface area contributed by atoms with E-state index >= 15 is 0 Å². The van der Waals surface area contributed by atoms with E-state index in [1.165, 1.54) is 36.8 Å². The number of aliphatic hydroxyl groups excluding tert-OH is 1. The number of hydrogen-bond donors (Lipinski definition) is 1. The summed E-state index contributed by atoms with van der Waals surface area (Å²) in [6.45, 7) is 0. The van der Waals surface area contributed by atoms with Crippen molar-refractivity contribution < 1.29 is 5.11 Å². The Bertz CT molecular complexity index is 472. The van der Waals surface area contributed by atoms with Crippen LogP contribution in [0.4, 0.5) is 0 Å². The molecule has 2 saturated heterocycles. The van der Waals surface area contributed by atoms with Crippen LogP contribution in [0.2, 0.25) is 0 Å². The molecule has 96 valence electrons. The first-order valence-electron chi connectivity index (χ1n) is 7.23. The van der Waals surface area contributed by atoms with Crippen LogP contribution in [0, 0.1) is 11.8 Å². The van der Waals surface area contributed by atoms with Crippen molar-refractivity contribution in [2.75, 3.05) is 7.05 Å². The highest BCUT2D eigenvalue weighted by atomic mass is 16.3. The second-order valence-corrected chi connectivity index (χ2v) is 6.38. The molecule has 1 aliphatic carbocycles. The summed E-state index contributed by atoms with van der Waals surface area (Å²) in [6.07, 6.45) is 4.83. The fourth-order valence-electron chi connectivity index (χ4n) is 4.80. The molecule has 18 heavy (non-hydrogen) atoms. The quantitative estimate of drug-likeness (QED) is 0.756. The minimum absolute atomic E-state index is 0.244. The average molecular weight is 243 g/mol. The lowest BCUT2D eigenvalue weighted by Crippen LogP contribution is -2.50. The molecule has 0 radical (unpaired) electrons. The molecule has 2 fully saturated rings. The number of piperidine rings is 1. The van der Waals surface area contributed by atoms with Crippen molar-refractivity contribution in [2.45, 2.75) is 43.9 Å². The molecule has 0 saturated carbocycles. The number of aliphatic hydroxyl groups is 1. The van der Waals surface area contributed by atoms with Crippen molar-refractivity contribution in [3.05, 3.63) is 35.4 Å². The first kappa shape index (κ1) is 11.0. The standard InChI is InChI=1S/C16H21NO/c1-17-12-6-7-14(17)15-11(9-12)8-10-4-2-3-5-13(10)16(15)18/h2-5,11-12,14-16,18H,6-9H2,1H3. The highest BCUT2D eigenvalue weighted by molar-refractivity contribution is 5.33. The zero-order valence-corrected chi connectivity index (χ0v) is 10.9. The van der Waals surface area contributed by atoms with Gasteiger partial charge in [-0.3, -0.25) is 0 Å². The third-order valence-electron chi connectivity index (χ3n) is 5.68. The Kier molecular flexibility index (Phi) is 2.33. The van der Waals surface area contributed by atoms with E-state index in [1.807, 2.05) is 0 Å². The summed E-state index contributed by atoms with van der Waals surface area (Å²) in [5.74, 6) is 1.16. The van der Waals surface area contributed by atoms with Gasteiger partial charge in [-0.1, -0.05) is 24.3 Å². The molecule has 3 aliphatic rings. The Morgan fingerprint density at radius 1 is 1.22 bits per heavy atom. The molecule has 1 aromatic carbocycles. The molecule has 2 heteroatoms. The molecule has 5 atom stereocenters. The summed E-state index contributed by atoms with van der Waals surface area (Å²) in [6, 6.07) is 9.87. The third kappa shape index (κ3) is 1.36. The lowest BCUT2D eigenvalue weighted by molar-refractivity contribution is -0.0292. The maximum absolute atomic E-state index is 10.8. The molecule has 1 N–H and O–H groups in total. The van der Waals surface area contributed by atoms with Crippen LogP contribution >= 0.6 is 0 Å². The van der Waals surface area contributed by atoms with Gasteiger partial charge < -0.3 is 10.0 Å². The van der Waals surface area contributed by atoms with Gasteiger partial charge in [0.1, 0.15) is 0 Å². The Morgan fingerprint density at radius 3 is 2.94 bits per heavy atom. The fourth-order valence-corrected chi connectivity index (χ4v) is 4.80. The van der Waals surface area contributed by atoms with Crippen LogP contribution in [0.1, 0.15) is 36.5 Å². The molecule has 2 bridgehead atoms. The Balaban J connectivity index is 1.76. The van der Waals surface area contributed by atoms with Gasteiger partial charge in [0.2, 0.25) is 0 Å². The first-order chi connectivity index (χ1) is 8.75. The lowest BCUT2D eigenvalue weighted by atomic mass is 9.67. The molecule has 2 heterocycles. The van der Waals surface area contributed by atoms with Crippen LogP contribution in [0.15, 0.2) is 24.3 Å². The van der Waals surface area contributed by atoms with Crippen LogP contribution < -0.4 is 0 Å². The van der Waals surface area contributed by atoms with E-state index < -0.39 is 0 Å². The van der Waals surface area contributed by atoms with Crippen LogP contribution in [-0.2, 0) is 6.42 Å². The van der Waals surface area contributed by atoms with Crippen molar-refractivity contribution in [2.24, 2.45) is 11.8 Å². The molecule has 0 amide bonds. The molecular formula is C16H21NO.